The zero-order valence-corrected chi connectivity index (χ0v) is 13.1. The van der Waals surface area contributed by atoms with Gasteiger partial charge in [-0.2, -0.15) is 15.2 Å². The van der Waals surface area contributed by atoms with Crippen LogP contribution < -0.4 is 10.1 Å². The number of hydrogen-bond acceptors (Lipinski definition) is 6. The Morgan fingerprint density at radius 2 is 2.13 bits per heavy atom. The van der Waals surface area contributed by atoms with Crippen molar-refractivity contribution in [2.75, 3.05) is 5.32 Å². The summed E-state index contributed by atoms with van der Waals surface area (Å²) in [5.74, 6) is 0.0446. The molecule has 0 spiro atoms. The molecule has 23 heavy (non-hydrogen) atoms. The summed E-state index contributed by atoms with van der Waals surface area (Å²) in [6.45, 7) is 1.30. The minimum absolute atomic E-state index is 0.0122. The van der Waals surface area contributed by atoms with Crippen LogP contribution in [-0.2, 0) is 11.2 Å². The van der Waals surface area contributed by atoms with Crippen molar-refractivity contribution in [3.63, 3.8) is 0 Å². The Balaban J connectivity index is 1.97. The Hall–Kier alpha value is -2.65. The van der Waals surface area contributed by atoms with E-state index in [0.717, 1.165) is 23.4 Å². The number of rotatable bonds is 3. The summed E-state index contributed by atoms with van der Waals surface area (Å²) in [5.41, 5.74) is 2.94. The Morgan fingerprint density at radius 3 is 2.78 bits per heavy atom. The van der Waals surface area contributed by atoms with Gasteiger partial charge in [0.1, 0.15) is 5.82 Å². The second-order valence-corrected chi connectivity index (χ2v) is 5.66. The van der Waals surface area contributed by atoms with Gasteiger partial charge in [0.05, 0.1) is 22.7 Å². The molecule has 1 N–H and O–H groups in total. The average molecular weight is 329 g/mol. The number of aryl methyl sites for hydroxylation is 1. The van der Waals surface area contributed by atoms with Crippen LogP contribution in [0.1, 0.15) is 35.5 Å². The molecule has 0 fully saturated rings. The Kier molecular flexibility index (Phi) is 4.13. The highest BCUT2D eigenvalue weighted by Gasteiger charge is 2.28. The molecule has 6 nitrogen and oxygen atoms in total. The lowest BCUT2D eigenvalue weighted by Crippen LogP contribution is -2.09. The van der Waals surface area contributed by atoms with Crippen molar-refractivity contribution in [3.05, 3.63) is 41.1 Å². The van der Waals surface area contributed by atoms with Crippen molar-refractivity contribution in [1.82, 2.24) is 9.97 Å². The number of aromatic nitrogens is 2. The van der Waals surface area contributed by atoms with Gasteiger partial charge in [0.15, 0.2) is 0 Å². The molecule has 0 radical (unpaired) electrons. The fourth-order valence-corrected chi connectivity index (χ4v) is 2.79. The molecular weight excluding hydrogens is 316 g/mol. The van der Waals surface area contributed by atoms with Gasteiger partial charge in [-0.25, -0.2) is 0 Å². The Labute approximate surface area is 138 Å². The summed E-state index contributed by atoms with van der Waals surface area (Å²) in [6, 6.07) is 9.03. The number of carbonyl (C=O) groups excluding carboxylic acids is 1. The summed E-state index contributed by atoms with van der Waals surface area (Å²) in [7, 11) is 0. The number of nitrogens with zero attached hydrogens (tertiary/aromatic N) is 3. The minimum atomic E-state index is -0.477. The van der Waals surface area contributed by atoms with Crippen molar-refractivity contribution in [3.8, 4) is 12.1 Å². The van der Waals surface area contributed by atoms with Gasteiger partial charge in [-0.15, -0.1) is 11.6 Å². The maximum absolute atomic E-state index is 11.1. The van der Waals surface area contributed by atoms with E-state index in [9.17, 15) is 4.79 Å². The first-order valence-corrected chi connectivity index (χ1v) is 7.51. The average Bonchev–Trinajstić information content (AvgIpc) is 2.89. The van der Waals surface area contributed by atoms with Gasteiger partial charge in [0.25, 0.3) is 0 Å². The van der Waals surface area contributed by atoms with Crippen molar-refractivity contribution in [2.24, 2.45) is 0 Å². The van der Waals surface area contributed by atoms with Crippen LogP contribution in [0, 0.1) is 11.3 Å². The van der Waals surface area contributed by atoms with Gasteiger partial charge < -0.3 is 10.1 Å². The lowest BCUT2D eigenvalue weighted by atomic mass is 10.2. The van der Waals surface area contributed by atoms with Gasteiger partial charge >= 0.3 is 12.0 Å². The van der Waals surface area contributed by atoms with Crippen molar-refractivity contribution >= 4 is 29.1 Å². The third kappa shape index (κ3) is 3.25. The first-order chi connectivity index (χ1) is 11.1. The van der Waals surface area contributed by atoms with Gasteiger partial charge in [-0.3, -0.25) is 4.79 Å². The molecule has 0 amide bonds. The lowest BCUT2D eigenvalue weighted by Gasteiger charge is -2.13. The zero-order valence-electron chi connectivity index (χ0n) is 12.3. The van der Waals surface area contributed by atoms with E-state index in [2.05, 4.69) is 21.4 Å². The van der Waals surface area contributed by atoms with Crippen LogP contribution in [0.2, 0.25) is 0 Å². The molecule has 0 aliphatic heterocycles. The third-order valence-electron chi connectivity index (χ3n) is 3.46. The molecule has 0 saturated carbocycles. The highest BCUT2D eigenvalue weighted by Crippen LogP contribution is 2.40. The second kappa shape index (κ2) is 6.23. The third-order valence-corrected chi connectivity index (χ3v) is 3.90. The van der Waals surface area contributed by atoms with E-state index in [1.807, 2.05) is 0 Å². The predicted molar refractivity (Wildman–Crippen MR) is 84.7 cm³/mol. The van der Waals surface area contributed by atoms with Gasteiger partial charge in [0, 0.05) is 18.2 Å². The maximum atomic E-state index is 11.1. The molecular formula is C16H13ClN4O2. The van der Waals surface area contributed by atoms with Crippen LogP contribution in [-0.4, -0.2) is 15.9 Å². The highest BCUT2D eigenvalue weighted by molar-refractivity contribution is 6.21. The van der Waals surface area contributed by atoms with E-state index >= 15 is 0 Å². The fraction of sp³-hybridized carbons (Fsp3) is 0.250. The SMILES string of the molecule is CC(=O)Oc1nc2c(c(Nc3ccc(C#N)cc3)n1)C(Cl)CC2. The molecule has 0 bridgehead atoms. The van der Waals surface area contributed by atoms with Crippen LogP contribution in [0.25, 0.3) is 0 Å². The maximum Gasteiger partial charge on any atom is 0.326 e. The van der Waals surface area contributed by atoms with Crippen LogP contribution in [0.3, 0.4) is 0 Å². The van der Waals surface area contributed by atoms with Crippen molar-refractivity contribution in [1.29, 1.82) is 5.26 Å². The summed E-state index contributed by atoms with van der Waals surface area (Å²) < 4.78 is 5.00. The van der Waals surface area contributed by atoms with E-state index in [4.69, 9.17) is 21.6 Å². The molecule has 1 unspecified atom stereocenters. The number of fused-ring (bicyclic) bond motifs is 1. The van der Waals surface area contributed by atoms with Crippen LogP contribution in [0.5, 0.6) is 6.01 Å². The van der Waals surface area contributed by atoms with E-state index < -0.39 is 5.97 Å². The van der Waals surface area contributed by atoms with Gasteiger partial charge in [-0.1, -0.05) is 0 Å². The number of halogens is 1. The number of benzene rings is 1. The monoisotopic (exact) mass is 328 g/mol. The number of anilines is 2. The standard InChI is InChI=1S/C16H13ClN4O2/c1-9(22)23-16-20-13-7-6-12(17)14(13)15(21-16)19-11-4-2-10(8-18)3-5-11/h2-5,12H,6-7H2,1H3,(H,19,20,21). The molecule has 1 aliphatic rings. The highest BCUT2D eigenvalue weighted by atomic mass is 35.5. The summed E-state index contributed by atoms with van der Waals surface area (Å²) in [6.07, 6.45) is 1.47. The normalized spacial score (nSPS) is 15.6. The van der Waals surface area contributed by atoms with Crippen LogP contribution in [0.15, 0.2) is 24.3 Å². The molecule has 1 aliphatic carbocycles. The number of nitriles is 1. The fourth-order valence-electron chi connectivity index (χ4n) is 2.46. The predicted octanol–water partition coefficient (Wildman–Crippen LogP) is 3.24. The molecule has 1 aromatic heterocycles. The summed E-state index contributed by atoms with van der Waals surface area (Å²) >= 11 is 6.35. The number of alkyl halides is 1. The first-order valence-electron chi connectivity index (χ1n) is 7.07. The molecule has 1 aromatic carbocycles. The Bertz CT molecular complexity index is 799. The smallest absolute Gasteiger partial charge is 0.326 e. The number of esters is 1. The van der Waals surface area contributed by atoms with E-state index in [1.165, 1.54) is 6.92 Å². The van der Waals surface area contributed by atoms with Crippen LogP contribution in [0.4, 0.5) is 11.5 Å². The molecule has 7 heteroatoms. The second-order valence-electron chi connectivity index (χ2n) is 5.13. The van der Waals surface area contributed by atoms with Gasteiger partial charge in [0.2, 0.25) is 0 Å². The lowest BCUT2D eigenvalue weighted by molar-refractivity contribution is -0.132. The molecule has 116 valence electrons. The zero-order chi connectivity index (χ0) is 16.4. The molecule has 2 aromatic rings. The van der Waals surface area contributed by atoms with E-state index in [1.54, 1.807) is 24.3 Å². The molecule has 1 atom stereocenters. The van der Waals surface area contributed by atoms with E-state index in [-0.39, 0.29) is 11.4 Å². The van der Waals surface area contributed by atoms with Gasteiger partial charge in [-0.05, 0) is 37.1 Å². The van der Waals surface area contributed by atoms with Crippen molar-refractivity contribution < 1.29 is 9.53 Å². The quantitative estimate of drug-likeness (QED) is 0.687. The van der Waals surface area contributed by atoms with Crippen LogP contribution >= 0.6 is 11.6 Å². The number of ether oxygens (including phenoxy) is 1. The molecule has 0 saturated heterocycles. The number of nitrogens with one attached hydrogen (secondary N) is 1. The summed E-state index contributed by atoms with van der Waals surface area (Å²) in [4.78, 5) is 19.6. The first kappa shape index (κ1) is 15.3. The topological polar surface area (TPSA) is 87.9 Å². The minimum Gasteiger partial charge on any atom is -0.391 e. The Morgan fingerprint density at radius 1 is 1.39 bits per heavy atom. The van der Waals surface area contributed by atoms with E-state index in [0.29, 0.717) is 17.8 Å². The molecule has 1 heterocycles. The number of hydrogen-bond donors (Lipinski definition) is 1. The molecule has 3 rings (SSSR count). The largest absolute Gasteiger partial charge is 0.391 e. The van der Waals surface area contributed by atoms with Crippen molar-refractivity contribution in [2.45, 2.75) is 25.1 Å². The summed E-state index contributed by atoms with van der Waals surface area (Å²) in [5, 5.41) is 11.8. The number of carbonyl (C=O) groups is 1.